The van der Waals surface area contributed by atoms with Crippen molar-refractivity contribution in [2.45, 2.75) is 32.6 Å². The molecule has 0 aliphatic carbocycles. The molecule has 5 nitrogen and oxygen atoms in total. The summed E-state index contributed by atoms with van der Waals surface area (Å²) in [5.74, 6) is -1.05. The number of carbonyl (C=O) groups excluding carboxylic acids is 1. The van der Waals surface area contributed by atoms with Crippen LogP contribution >= 0.6 is 0 Å². The molecule has 3 N–H and O–H groups in total. The molecule has 1 amide bonds. The number of carboxylic acids is 1. The van der Waals surface area contributed by atoms with E-state index in [9.17, 15) is 9.59 Å². The molecule has 3 rings (SSSR count). The molecule has 0 atom stereocenters. The van der Waals surface area contributed by atoms with Gasteiger partial charge in [-0.1, -0.05) is 31.2 Å². The molecule has 2 aromatic carbocycles. The van der Waals surface area contributed by atoms with Gasteiger partial charge >= 0.3 is 5.97 Å². The van der Waals surface area contributed by atoms with Gasteiger partial charge in [-0.05, 0) is 30.5 Å². The Morgan fingerprint density at radius 2 is 1.96 bits per heavy atom. The fourth-order valence-electron chi connectivity index (χ4n) is 2.99. The van der Waals surface area contributed by atoms with Crippen molar-refractivity contribution >= 4 is 39.4 Å². The van der Waals surface area contributed by atoms with Gasteiger partial charge in [0.05, 0.1) is 0 Å². The second-order valence-electron chi connectivity index (χ2n) is 5.87. The van der Waals surface area contributed by atoms with Crippen molar-refractivity contribution in [3.63, 3.8) is 0 Å². The summed E-state index contributed by atoms with van der Waals surface area (Å²) in [4.78, 5) is 25.8. The van der Waals surface area contributed by atoms with Gasteiger partial charge in [0.15, 0.2) is 0 Å². The summed E-state index contributed by atoms with van der Waals surface area (Å²) >= 11 is 0. The number of aryl methyl sites for hydroxylation is 1. The minimum absolute atomic E-state index is 0.00820. The van der Waals surface area contributed by atoms with Crippen LogP contribution in [0.3, 0.4) is 0 Å². The van der Waals surface area contributed by atoms with Crippen LogP contribution in [0.4, 0.5) is 5.69 Å². The molecule has 5 heteroatoms. The number of H-pyrrole nitrogens is 1. The van der Waals surface area contributed by atoms with Crippen molar-refractivity contribution in [3.05, 3.63) is 42.0 Å². The SMILES string of the molecule is CCc1cccc2c1[nH]c1cc(NC(=O)CCCC(=O)O)ccc12. The Morgan fingerprint density at radius 1 is 1.12 bits per heavy atom. The van der Waals surface area contributed by atoms with E-state index in [0.29, 0.717) is 12.1 Å². The highest BCUT2D eigenvalue weighted by Gasteiger charge is 2.09. The molecule has 1 heterocycles. The van der Waals surface area contributed by atoms with E-state index < -0.39 is 5.97 Å². The van der Waals surface area contributed by atoms with Gasteiger partial charge < -0.3 is 15.4 Å². The number of aromatic amines is 1. The lowest BCUT2D eigenvalue weighted by atomic mass is 10.1. The highest BCUT2D eigenvalue weighted by molar-refractivity contribution is 6.09. The smallest absolute Gasteiger partial charge is 0.303 e. The predicted octanol–water partition coefficient (Wildman–Crippen LogP) is 4.08. The van der Waals surface area contributed by atoms with Crippen LogP contribution in [0.2, 0.25) is 0 Å². The number of amides is 1. The minimum atomic E-state index is -0.881. The van der Waals surface area contributed by atoms with Crippen molar-refractivity contribution in [3.8, 4) is 0 Å². The highest BCUT2D eigenvalue weighted by atomic mass is 16.4. The Morgan fingerprint density at radius 3 is 2.71 bits per heavy atom. The van der Waals surface area contributed by atoms with Crippen molar-refractivity contribution in [2.24, 2.45) is 0 Å². The number of fused-ring (bicyclic) bond motifs is 3. The molecule has 0 fully saturated rings. The molecule has 0 aliphatic rings. The third kappa shape index (κ3) is 3.25. The van der Waals surface area contributed by atoms with Crippen LogP contribution in [0.1, 0.15) is 31.7 Å². The van der Waals surface area contributed by atoms with Gasteiger partial charge in [0.1, 0.15) is 0 Å². The van der Waals surface area contributed by atoms with Gasteiger partial charge in [-0.15, -0.1) is 0 Å². The molecule has 24 heavy (non-hydrogen) atoms. The Labute approximate surface area is 139 Å². The van der Waals surface area contributed by atoms with E-state index in [0.717, 1.165) is 22.8 Å². The second-order valence-corrected chi connectivity index (χ2v) is 5.87. The van der Waals surface area contributed by atoms with Crippen LogP contribution in [-0.2, 0) is 16.0 Å². The first-order chi connectivity index (χ1) is 11.6. The standard InChI is InChI=1S/C19H20N2O3/c1-2-12-5-3-6-15-14-10-9-13(11-16(14)21-19(12)15)20-17(22)7-4-8-18(23)24/h3,5-6,9-11,21H,2,4,7-8H2,1H3,(H,20,22)(H,23,24). The predicted molar refractivity (Wildman–Crippen MR) is 95.3 cm³/mol. The number of carbonyl (C=O) groups is 2. The summed E-state index contributed by atoms with van der Waals surface area (Å²) in [5, 5.41) is 13.8. The average molecular weight is 324 g/mol. The number of anilines is 1. The monoisotopic (exact) mass is 324 g/mol. The van der Waals surface area contributed by atoms with Crippen molar-refractivity contribution in [1.82, 2.24) is 4.98 Å². The van der Waals surface area contributed by atoms with E-state index >= 15 is 0 Å². The van der Waals surface area contributed by atoms with Gasteiger partial charge in [-0.3, -0.25) is 9.59 Å². The number of benzene rings is 2. The zero-order valence-corrected chi connectivity index (χ0v) is 13.6. The Balaban J connectivity index is 1.82. The van der Waals surface area contributed by atoms with E-state index in [1.54, 1.807) is 0 Å². The number of aromatic nitrogens is 1. The van der Waals surface area contributed by atoms with Gasteiger partial charge in [-0.25, -0.2) is 0 Å². The van der Waals surface area contributed by atoms with E-state index in [2.05, 4.69) is 35.4 Å². The Bertz CT molecular complexity index is 912. The van der Waals surface area contributed by atoms with E-state index in [4.69, 9.17) is 5.11 Å². The van der Waals surface area contributed by atoms with Gasteiger partial charge in [-0.2, -0.15) is 0 Å². The average Bonchev–Trinajstić information content (AvgIpc) is 2.92. The summed E-state index contributed by atoms with van der Waals surface area (Å²) in [6.07, 6.45) is 1.51. The van der Waals surface area contributed by atoms with Crippen LogP contribution < -0.4 is 5.32 Å². The maximum Gasteiger partial charge on any atom is 0.303 e. The zero-order chi connectivity index (χ0) is 17.1. The molecule has 3 aromatic rings. The van der Waals surface area contributed by atoms with Crippen molar-refractivity contribution in [1.29, 1.82) is 0 Å². The molecular formula is C19H20N2O3. The maximum atomic E-state index is 11.9. The van der Waals surface area contributed by atoms with Crippen molar-refractivity contribution in [2.75, 3.05) is 5.32 Å². The summed E-state index contributed by atoms with van der Waals surface area (Å²) in [7, 11) is 0. The fraction of sp³-hybridized carbons (Fsp3) is 0.263. The number of hydrogen-bond donors (Lipinski definition) is 3. The number of para-hydroxylation sites is 1. The number of carboxylic acid groups (broad SMARTS) is 1. The van der Waals surface area contributed by atoms with Crippen LogP contribution in [0.15, 0.2) is 36.4 Å². The highest BCUT2D eigenvalue weighted by Crippen LogP contribution is 2.29. The normalized spacial score (nSPS) is 11.0. The minimum Gasteiger partial charge on any atom is -0.481 e. The zero-order valence-electron chi connectivity index (χ0n) is 13.6. The van der Waals surface area contributed by atoms with E-state index in [1.807, 2.05) is 18.2 Å². The molecule has 0 bridgehead atoms. The third-order valence-corrected chi connectivity index (χ3v) is 4.18. The first-order valence-electron chi connectivity index (χ1n) is 8.13. The van der Waals surface area contributed by atoms with Gasteiger partial charge in [0.25, 0.3) is 0 Å². The lowest BCUT2D eigenvalue weighted by Gasteiger charge is -2.04. The lowest BCUT2D eigenvalue weighted by Crippen LogP contribution is -2.11. The first kappa shape index (κ1) is 16.1. The van der Waals surface area contributed by atoms with Crippen molar-refractivity contribution < 1.29 is 14.7 Å². The second kappa shape index (κ2) is 6.74. The summed E-state index contributed by atoms with van der Waals surface area (Å²) in [6, 6.07) is 12.1. The molecule has 0 saturated heterocycles. The molecule has 0 radical (unpaired) electrons. The first-order valence-corrected chi connectivity index (χ1v) is 8.13. The topological polar surface area (TPSA) is 82.2 Å². The molecule has 0 saturated carbocycles. The number of rotatable bonds is 6. The Kier molecular flexibility index (Phi) is 4.51. The van der Waals surface area contributed by atoms with Gasteiger partial charge in [0.2, 0.25) is 5.91 Å². The number of hydrogen-bond acceptors (Lipinski definition) is 2. The third-order valence-electron chi connectivity index (χ3n) is 4.18. The molecular weight excluding hydrogens is 304 g/mol. The Hall–Kier alpha value is -2.82. The largest absolute Gasteiger partial charge is 0.481 e. The van der Waals surface area contributed by atoms with Gasteiger partial charge in [0, 0.05) is 40.3 Å². The summed E-state index contributed by atoms with van der Waals surface area (Å²) in [6.45, 7) is 2.13. The van der Waals surface area contributed by atoms with Crippen LogP contribution in [0.25, 0.3) is 21.8 Å². The van der Waals surface area contributed by atoms with Crippen LogP contribution in [0, 0.1) is 0 Å². The van der Waals surface area contributed by atoms with Crippen LogP contribution in [-0.4, -0.2) is 22.0 Å². The fourth-order valence-corrected chi connectivity index (χ4v) is 2.99. The van der Waals surface area contributed by atoms with Crippen LogP contribution in [0.5, 0.6) is 0 Å². The molecule has 1 aromatic heterocycles. The molecule has 0 spiro atoms. The molecule has 0 unspecified atom stereocenters. The van der Waals surface area contributed by atoms with E-state index in [1.165, 1.54) is 10.9 Å². The molecule has 124 valence electrons. The quantitative estimate of drug-likeness (QED) is 0.639. The summed E-state index contributed by atoms with van der Waals surface area (Å²) < 4.78 is 0. The number of nitrogens with one attached hydrogen (secondary N) is 2. The summed E-state index contributed by atoms with van der Waals surface area (Å²) in [5.41, 5.74) is 4.10. The lowest BCUT2D eigenvalue weighted by molar-refractivity contribution is -0.137. The molecule has 0 aliphatic heterocycles. The maximum absolute atomic E-state index is 11.9. The van der Waals surface area contributed by atoms with E-state index in [-0.39, 0.29) is 18.7 Å². The number of aliphatic carboxylic acids is 1.